The first-order chi connectivity index (χ1) is 12.0. The molecule has 0 amide bonds. The van der Waals surface area contributed by atoms with Crippen LogP contribution < -0.4 is 24.7 Å². The second-order valence-electron chi connectivity index (χ2n) is 5.36. The lowest BCUT2D eigenvalue weighted by Crippen LogP contribution is -2.27. The van der Waals surface area contributed by atoms with E-state index in [0.29, 0.717) is 40.7 Å². The summed E-state index contributed by atoms with van der Waals surface area (Å²) in [7, 11) is 4.54. The van der Waals surface area contributed by atoms with E-state index >= 15 is 0 Å². The number of hydrogen-bond donors (Lipinski definition) is 1. The van der Waals surface area contributed by atoms with Crippen molar-refractivity contribution in [2.75, 3.05) is 27.1 Å². The highest BCUT2D eigenvalue weighted by Gasteiger charge is 2.25. The van der Waals surface area contributed by atoms with Crippen molar-refractivity contribution in [3.63, 3.8) is 0 Å². The molecule has 134 valence electrons. The van der Waals surface area contributed by atoms with Gasteiger partial charge in [0.05, 0.1) is 26.9 Å². The minimum absolute atomic E-state index is 0.197. The standard InChI is InChI=1S/C19H23NO5/c1-5-15(25-13-8-6-12(20)7-9-13)19(21)14-10-17(23-3)18(24-4)11-16(14)22-2/h6-11,15H,5,20H2,1-4H3. The van der Waals surface area contributed by atoms with Crippen LogP contribution in [0.4, 0.5) is 5.69 Å². The molecule has 25 heavy (non-hydrogen) atoms. The van der Waals surface area contributed by atoms with E-state index in [1.165, 1.54) is 21.3 Å². The molecule has 2 N–H and O–H groups in total. The topological polar surface area (TPSA) is 80.0 Å². The Morgan fingerprint density at radius 1 is 0.960 bits per heavy atom. The van der Waals surface area contributed by atoms with Crippen LogP contribution in [0.5, 0.6) is 23.0 Å². The fourth-order valence-corrected chi connectivity index (χ4v) is 2.43. The van der Waals surface area contributed by atoms with E-state index in [1.807, 2.05) is 6.92 Å². The van der Waals surface area contributed by atoms with Gasteiger partial charge in [0.25, 0.3) is 0 Å². The van der Waals surface area contributed by atoms with Crippen LogP contribution in [0.25, 0.3) is 0 Å². The van der Waals surface area contributed by atoms with Crippen molar-refractivity contribution in [1.29, 1.82) is 0 Å². The van der Waals surface area contributed by atoms with Crippen molar-refractivity contribution in [2.45, 2.75) is 19.4 Å². The number of carbonyl (C=O) groups is 1. The monoisotopic (exact) mass is 345 g/mol. The Bertz CT molecular complexity index is 727. The maximum absolute atomic E-state index is 13.0. The molecule has 6 nitrogen and oxygen atoms in total. The van der Waals surface area contributed by atoms with Gasteiger partial charge >= 0.3 is 0 Å². The minimum atomic E-state index is -0.657. The predicted molar refractivity (Wildman–Crippen MR) is 96.0 cm³/mol. The van der Waals surface area contributed by atoms with Gasteiger partial charge in [-0.15, -0.1) is 0 Å². The maximum Gasteiger partial charge on any atom is 0.207 e. The molecule has 0 heterocycles. The smallest absolute Gasteiger partial charge is 0.207 e. The molecule has 2 rings (SSSR count). The number of rotatable bonds is 8. The number of benzene rings is 2. The first-order valence-corrected chi connectivity index (χ1v) is 7.90. The average Bonchev–Trinajstić information content (AvgIpc) is 2.65. The number of ether oxygens (including phenoxy) is 4. The normalized spacial score (nSPS) is 11.5. The molecule has 0 saturated heterocycles. The zero-order valence-electron chi connectivity index (χ0n) is 14.9. The number of ketones is 1. The lowest BCUT2D eigenvalue weighted by Gasteiger charge is -2.19. The molecular weight excluding hydrogens is 322 g/mol. The SMILES string of the molecule is CCC(Oc1ccc(N)cc1)C(=O)c1cc(OC)c(OC)cc1OC. The average molecular weight is 345 g/mol. The number of carbonyl (C=O) groups excluding carboxylic acids is 1. The van der Waals surface area contributed by atoms with Gasteiger partial charge in [0.2, 0.25) is 5.78 Å². The molecule has 6 heteroatoms. The van der Waals surface area contributed by atoms with E-state index in [9.17, 15) is 4.79 Å². The first kappa shape index (κ1) is 18.4. The van der Waals surface area contributed by atoms with Gasteiger partial charge in [0, 0.05) is 11.8 Å². The van der Waals surface area contributed by atoms with Crippen LogP contribution in [0.2, 0.25) is 0 Å². The maximum atomic E-state index is 13.0. The largest absolute Gasteiger partial charge is 0.496 e. The second-order valence-corrected chi connectivity index (χ2v) is 5.36. The highest BCUT2D eigenvalue weighted by molar-refractivity contribution is 6.02. The summed E-state index contributed by atoms with van der Waals surface area (Å²) in [5, 5.41) is 0. The number of anilines is 1. The Hall–Kier alpha value is -2.89. The Labute approximate surface area is 147 Å². The van der Waals surface area contributed by atoms with E-state index < -0.39 is 6.10 Å². The summed E-state index contributed by atoms with van der Waals surface area (Å²) in [5.41, 5.74) is 6.68. The Kier molecular flexibility index (Phi) is 6.11. The van der Waals surface area contributed by atoms with Crippen molar-refractivity contribution in [2.24, 2.45) is 0 Å². The van der Waals surface area contributed by atoms with Crippen LogP contribution in [0, 0.1) is 0 Å². The molecule has 0 aromatic heterocycles. The summed E-state index contributed by atoms with van der Waals surface area (Å²) >= 11 is 0. The van der Waals surface area contributed by atoms with Crippen LogP contribution in [0.1, 0.15) is 23.7 Å². The van der Waals surface area contributed by atoms with Crippen LogP contribution in [-0.2, 0) is 0 Å². The Morgan fingerprint density at radius 3 is 2.04 bits per heavy atom. The van der Waals surface area contributed by atoms with Crippen molar-refractivity contribution in [1.82, 2.24) is 0 Å². The van der Waals surface area contributed by atoms with E-state index in [4.69, 9.17) is 24.7 Å². The third kappa shape index (κ3) is 4.15. The molecule has 1 unspecified atom stereocenters. The van der Waals surface area contributed by atoms with Crippen LogP contribution >= 0.6 is 0 Å². The van der Waals surface area contributed by atoms with Gasteiger partial charge in [-0.2, -0.15) is 0 Å². The van der Waals surface area contributed by atoms with Gasteiger partial charge in [0.15, 0.2) is 17.6 Å². The summed E-state index contributed by atoms with van der Waals surface area (Å²) in [5.74, 6) is 1.73. The molecular formula is C19H23NO5. The lowest BCUT2D eigenvalue weighted by atomic mass is 10.0. The third-order valence-electron chi connectivity index (χ3n) is 3.79. The van der Waals surface area contributed by atoms with E-state index in [0.717, 1.165) is 0 Å². The zero-order chi connectivity index (χ0) is 18.4. The fourth-order valence-electron chi connectivity index (χ4n) is 2.43. The molecule has 0 aliphatic heterocycles. The van der Waals surface area contributed by atoms with Crippen molar-refractivity contribution in [3.8, 4) is 23.0 Å². The van der Waals surface area contributed by atoms with Gasteiger partial charge in [-0.3, -0.25) is 4.79 Å². The summed E-state index contributed by atoms with van der Waals surface area (Å²) in [4.78, 5) is 13.0. The number of Topliss-reactive ketones (excluding diaryl/α,β-unsaturated/α-hetero) is 1. The Balaban J connectivity index is 2.34. The fraction of sp³-hybridized carbons (Fsp3) is 0.316. The molecule has 0 radical (unpaired) electrons. The molecule has 2 aromatic rings. The number of hydrogen-bond acceptors (Lipinski definition) is 6. The number of methoxy groups -OCH3 is 3. The molecule has 0 fully saturated rings. The van der Waals surface area contributed by atoms with Crippen molar-refractivity contribution in [3.05, 3.63) is 42.0 Å². The molecule has 1 atom stereocenters. The molecule has 0 aliphatic carbocycles. The van der Waals surface area contributed by atoms with Crippen LogP contribution in [0.15, 0.2) is 36.4 Å². The van der Waals surface area contributed by atoms with E-state index in [-0.39, 0.29) is 5.78 Å². The summed E-state index contributed by atoms with van der Waals surface area (Å²) < 4.78 is 21.7. The van der Waals surface area contributed by atoms with Gasteiger partial charge in [0.1, 0.15) is 11.5 Å². The highest BCUT2D eigenvalue weighted by atomic mass is 16.5. The predicted octanol–water partition coefficient (Wildman–Crippen LogP) is 3.33. The molecule has 0 saturated carbocycles. The van der Waals surface area contributed by atoms with Gasteiger partial charge < -0.3 is 24.7 Å². The Morgan fingerprint density at radius 2 is 1.52 bits per heavy atom. The summed E-state index contributed by atoms with van der Waals surface area (Å²) in [6, 6.07) is 10.2. The van der Waals surface area contributed by atoms with Crippen molar-refractivity contribution >= 4 is 11.5 Å². The third-order valence-corrected chi connectivity index (χ3v) is 3.79. The number of nitrogens with two attached hydrogens (primary N) is 1. The summed E-state index contributed by atoms with van der Waals surface area (Å²) in [6.45, 7) is 1.88. The van der Waals surface area contributed by atoms with E-state index in [2.05, 4.69) is 0 Å². The van der Waals surface area contributed by atoms with Gasteiger partial charge in [-0.1, -0.05) is 6.92 Å². The number of nitrogen functional groups attached to an aromatic ring is 1. The van der Waals surface area contributed by atoms with Gasteiger partial charge in [-0.05, 0) is 36.8 Å². The lowest BCUT2D eigenvalue weighted by molar-refractivity contribution is 0.0783. The molecule has 0 aliphatic rings. The first-order valence-electron chi connectivity index (χ1n) is 7.90. The molecule has 0 bridgehead atoms. The zero-order valence-corrected chi connectivity index (χ0v) is 14.9. The van der Waals surface area contributed by atoms with Crippen LogP contribution in [0.3, 0.4) is 0 Å². The van der Waals surface area contributed by atoms with Crippen molar-refractivity contribution < 1.29 is 23.7 Å². The minimum Gasteiger partial charge on any atom is -0.496 e. The second kappa shape index (κ2) is 8.28. The van der Waals surface area contributed by atoms with Crippen LogP contribution in [-0.4, -0.2) is 33.2 Å². The van der Waals surface area contributed by atoms with E-state index in [1.54, 1.807) is 36.4 Å². The van der Waals surface area contributed by atoms with Gasteiger partial charge in [-0.25, -0.2) is 0 Å². The summed E-state index contributed by atoms with van der Waals surface area (Å²) in [6.07, 6.45) is -0.156. The quantitative estimate of drug-likeness (QED) is 0.584. The molecule has 2 aromatic carbocycles. The highest BCUT2D eigenvalue weighted by Crippen LogP contribution is 2.35. The molecule has 0 spiro atoms.